The molecule has 3 rings (SSSR count). The Kier molecular flexibility index (Phi) is 4.98. The third-order valence-corrected chi connectivity index (χ3v) is 4.79. The molecule has 1 saturated heterocycles. The molecule has 1 atom stereocenters. The van der Waals surface area contributed by atoms with E-state index in [1.807, 2.05) is 31.1 Å². The summed E-state index contributed by atoms with van der Waals surface area (Å²) in [6.07, 6.45) is 3.71. The average Bonchev–Trinajstić information content (AvgIpc) is 3.04. The topological polar surface area (TPSA) is 67.2 Å². The Morgan fingerprint density at radius 2 is 2.00 bits per heavy atom. The normalized spacial score (nSPS) is 17.6. The van der Waals surface area contributed by atoms with Gasteiger partial charge in [0.05, 0.1) is 18.3 Å². The van der Waals surface area contributed by atoms with Crippen LogP contribution in [0.4, 0.5) is 11.6 Å². The maximum Gasteiger partial charge on any atom is 0.266 e. The Morgan fingerprint density at radius 3 is 2.69 bits per heavy atom. The fraction of sp³-hybridized carbons (Fsp3) is 0.579. The highest BCUT2D eigenvalue weighted by Gasteiger charge is 2.27. The third-order valence-electron chi connectivity index (χ3n) is 4.79. The van der Waals surface area contributed by atoms with Gasteiger partial charge in [0.1, 0.15) is 18.0 Å². The molecule has 140 valence electrons. The SMILES string of the molecule is CN(C)c1cc(N2CCCC2Cn2nc(C(C)(C)C)ccc2=O)ncn1. The summed E-state index contributed by atoms with van der Waals surface area (Å²) in [5.74, 6) is 1.79. The van der Waals surface area contributed by atoms with E-state index in [0.29, 0.717) is 6.54 Å². The van der Waals surface area contributed by atoms with Crippen molar-refractivity contribution in [2.45, 2.75) is 51.6 Å². The number of nitrogens with zero attached hydrogens (tertiary/aromatic N) is 6. The number of aromatic nitrogens is 4. The van der Waals surface area contributed by atoms with E-state index in [1.165, 1.54) is 0 Å². The molecular formula is C19H28N6O. The van der Waals surface area contributed by atoms with Gasteiger partial charge < -0.3 is 9.80 Å². The second-order valence-electron chi connectivity index (χ2n) is 8.11. The molecule has 0 bridgehead atoms. The molecule has 0 spiro atoms. The van der Waals surface area contributed by atoms with Crippen LogP contribution < -0.4 is 15.4 Å². The Bertz CT molecular complexity index is 823. The van der Waals surface area contributed by atoms with Gasteiger partial charge in [-0.05, 0) is 18.9 Å². The molecule has 0 aromatic carbocycles. The zero-order valence-electron chi connectivity index (χ0n) is 16.3. The van der Waals surface area contributed by atoms with Crippen molar-refractivity contribution in [2.24, 2.45) is 0 Å². The molecule has 1 unspecified atom stereocenters. The van der Waals surface area contributed by atoms with Gasteiger partial charge >= 0.3 is 0 Å². The quantitative estimate of drug-likeness (QED) is 0.835. The summed E-state index contributed by atoms with van der Waals surface area (Å²) in [4.78, 5) is 25.3. The van der Waals surface area contributed by atoms with Crippen molar-refractivity contribution in [1.29, 1.82) is 0 Å². The van der Waals surface area contributed by atoms with Crippen LogP contribution in [-0.4, -0.2) is 46.4 Å². The van der Waals surface area contributed by atoms with Crippen molar-refractivity contribution < 1.29 is 0 Å². The number of rotatable bonds is 4. The Labute approximate surface area is 154 Å². The lowest BCUT2D eigenvalue weighted by atomic mass is 9.92. The highest BCUT2D eigenvalue weighted by Crippen LogP contribution is 2.26. The first-order valence-electron chi connectivity index (χ1n) is 9.10. The molecule has 1 fully saturated rings. The standard InChI is InChI=1S/C19H28N6O/c1-19(2,3)15-8-9-18(26)25(22-15)12-14-7-6-10-24(14)17-11-16(23(4)5)20-13-21-17/h8-9,11,13-14H,6-7,10,12H2,1-5H3. The summed E-state index contributed by atoms with van der Waals surface area (Å²) in [7, 11) is 3.93. The first-order valence-corrected chi connectivity index (χ1v) is 9.10. The Balaban J connectivity index is 1.86. The molecule has 26 heavy (non-hydrogen) atoms. The van der Waals surface area contributed by atoms with Crippen molar-refractivity contribution in [3.63, 3.8) is 0 Å². The predicted octanol–water partition coefficient (Wildman–Crippen LogP) is 2.07. The van der Waals surface area contributed by atoms with Gasteiger partial charge in [-0.2, -0.15) is 5.10 Å². The van der Waals surface area contributed by atoms with E-state index in [-0.39, 0.29) is 17.0 Å². The third kappa shape index (κ3) is 3.86. The van der Waals surface area contributed by atoms with E-state index in [2.05, 4.69) is 40.7 Å². The number of anilines is 2. The predicted molar refractivity (Wildman–Crippen MR) is 104 cm³/mol. The Hall–Kier alpha value is -2.44. The van der Waals surface area contributed by atoms with Crippen LogP contribution in [0.1, 0.15) is 39.3 Å². The van der Waals surface area contributed by atoms with Gasteiger partial charge in [0.15, 0.2) is 0 Å². The summed E-state index contributed by atoms with van der Waals surface area (Å²) >= 11 is 0. The largest absolute Gasteiger partial charge is 0.363 e. The summed E-state index contributed by atoms with van der Waals surface area (Å²) in [5, 5.41) is 4.62. The zero-order valence-corrected chi connectivity index (χ0v) is 16.3. The van der Waals surface area contributed by atoms with Crippen LogP contribution in [0.2, 0.25) is 0 Å². The summed E-state index contributed by atoms with van der Waals surface area (Å²) < 4.78 is 1.61. The second-order valence-corrected chi connectivity index (χ2v) is 8.11. The number of hydrogen-bond donors (Lipinski definition) is 0. The molecule has 3 heterocycles. The van der Waals surface area contributed by atoms with E-state index < -0.39 is 0 Å². The number of hydrogen-bond acceptors (Lipinski definition) is 6. The Morgan fingerprint density at radius 1 is 1.23 bits per heavy atom. The van der Waals surface area contributed by atoms with Crippen molar-refractivity contribution in [2.75, 3.05) is 30.4 Å². The second kappa shape index (κ2) is 7.05. The van der Waals surface area contributed by atoms with E-state index in [0.717, 1.165) is 36.7 Å². The zero-order chi connectivity index (χ0) is 18.9. The maximum absolute atomic E-state index is 12.3. The van der Waals surface area contributed by atoms with E-state index in [9.17, 15) is 4.79 Å². The van der Waals surface area contributed by atoms with Gasteiger partial charge in [0, 0.05) is 38.2 Å². The molecule has 2 aromatic heterocycles. The van der Waals surface area contributed by atoms with Crippen molar-refractivity contribution in [3.05, 3.63) is 40.6 Å². The minimum absolute atomic E-state index is 0.0541. The summed E-state index contributed by atoms with van der Waals surface area (Å²) in [6, 6.07) is 5.67. The first kappa shape index (κ1) is 18.4. The van der Waals surface area contributed by atoms with E-state index in [1.54, 1.807) is 17.1 Å². The van der Waals surface area contributed by atoms with Crippen LogP contribution in [0.25, 0.3) is 0 Å². The fourth-order valence-electron chi connectivity index (χ4n) is 3.25. The lowest BCUT2D eigenvalue weighted by molar-refractivity contribution is 0.456. The lowest BCUT2D eigenvalue weighted by Crippen LogP contribution is -2.38. The van der Waals surface area contributed by atoms with Crippen molar-refractivity contribution in [3.8, 4) is 0 Å². The molecule has 0 aliphatic carbocycles. The molecule has 2 aromatic rings. The molecule has 7 nitrogen and oxygen atoms in total. The minimum Gasteiger partial charge on any atom is -0.363 e. The smallest absolute Gasteiger partial charge is 0.266 e. The summed E-state index contributed by atoms with van der Waals surface area (Å²) in [6.45, 7) is 7.83. The minimum atomic E-state index is -0.0852. The molecule has 0 amide bonds. The monoisotopic (exact) mass is 356 g/mol. The van der Waals surface area contributed by atoms with Gasteiger partial charge in [-0.3, -0.25) is 4.79 Å². The van der Waals surface area contributed by atoms with Gasteiger partial charge in [-0.1, -0.05) is 20.8 Å². The highest BCUT2D eigenvalue weighted by molar-refractivity contribution is 5.50. The van der Waals surface area contributed by atoms with Crippen LogP contribution in [-0.2, 0) is 12.0 Å². The van der Waals surface area contributed by atoms with Crippen LogP contribution >= 0.6 is 0 Å². The van der Waals surface area contributed by atoms with Gasteiger partial charge in [-0.15, -0.1) is 0 Å². The highest BCUT2D eigenvalue weighted by atomic mass is 16.1. The molecule has 0 N–H and O–H groups in total. The average molecular weight is 356 g/mol. The van der Waals surface area contributed by atoms with E-state index in [4.69, 9.17) is 0 Å². The van der Waals surface area contributed by atoms with E-state index >= 15 is 0 Å². The molecule has 7 heteroatoms. The molecule has 1 aliphatic heterocycles. The van der Waals surface area contributed by atoms with Crippen molar-refractivity contribution >= 4 is 11.6 Å². The summed E-state index contributed by atoms with van der Waals surface area (Å²) in [5.41, 5.74) is 0.790. The maximum atomic E-state index is 12.3. The fourth-order valence-corrected chi connectivity index (χ4v) is 3.25. The molecule has 0 saturated carbocycles. The van der Waals surface area contributed by atoms with Gasteiger partial charge in [0.25, 0.3) is 5.56 Å². The van der Waals surface area contributed by atoms with Gasteiger partial charge in [0.2, 0.25) is 0 Å². The molecule has 0 radical (unpaired) electrons. The van der Waals surface area contributed by atoms with Crippen LogP contribution in [0.5, 0.6) is 0 Å². The van der Waals surface area contributed by atoms with Crippen LogP contribution in [0.3, 0.4) is 0 Å². The lowest BCUT2D eigenvalue weighted by Gasteiger charge is -2.27. The van der Waals surface area contributed by atoms with Gasteiger partial charge in [-0.25, -0.2) is 14.6 Å². The van der Waals surface area contributed by atoms with Crippen LogP contribution in [0, 0.1) is 0 Å². The van der Waals surface area contributed by atoms with Crippen LogP contribution in [0.15, 0.2) is 29.3 Å². The van der Waals surface area contributed by atoms with Crippen molar-refractivity contribution in [1.82, 2.24) is 19.7 Å². The molecule has 1 aliphatic rings. The first-order chi connectivity index (χ1) is 12.3. The molecular weight excluding hydrogens is 328 g/mol.